The molecule has 0 saturated carbocycles. The van der Waals surface area contributed by atoms with Crippen LogP contribution in [0.15, 0.2) is 53.4 Å². The molecule has 0 aromatic heterocycles. The Hall–Kier alpha value is -2.23. The van der Waals surface area contributed by atoms with Crippen molar-refractivity contribution in [3.8, 4) is 6.07 Å². The number of halogens is 1. The monoisotopic (exact) mass is 360 g/mol. The first-order valence-electron chi connectivity index (χ1n) is 8.22. The molecule has 6 heteroatoms. The summed E-state index contributed by atoms with van der Waals surface area (Å²) in [7, 11) is -3.68. The molecule has 0 amide bonds. The van der Waals surface area contributed by atoms with E-state index in [0.29, 0.717) is 12.1 Å². The van der Waals surface area contributed by atoms with E-state index in [2.05, 4.69) is 6.92 Å². The predicted octanol–water partition coefficient (Wildman–Crippen LogP) is 4.08. The quantitative estimate of drug-likeness (QED) is 0.667. The summed E-state index contributed by atoms with van der Waals surface area (Å²) in [6.07, 6.45) is 2.68. The molecule has 0 atom stereocenters. The van der Waals surface area contributed by atoms with E-state index in [4.69, 9.17) is 5.26 Å². The Morgan fingerprint density at radius 3 is 2.24 bits per heavy atom. The molecule has 0 N–H and O–H groups in total. The first-order valence-corrected chi connectivity index (χ1v) is 9.66. The lowest BCUT2D eigenvalue weighted by molar-refractivity contribution is 0.394. The van der Waals surface area contributed by atoms with Crippen LogP contribution in [0.5, 0.6) is 0 Å². The van der Waals surface area contributed by atoms with Gasteiger partial charge in [-0.3, -0.25) is 0 Å². The van der Waals surface area contributed by atoms with Gasteiger partial charge in [0.15, 0.2) is 0 Å². The van der Waals surface area contributed by atoms with E-state index in [1.165, 1.54) is 40.7 Å². The van der Waals surface area contributed by atoms with Crippen LogP contribution in [-0.2, 0) is 16.6 Å². The molecular weight excluding hydrogens is 339 g/mol. The van der Waals surface area contributed by atoms with Gasteiger partial charge in [-0.1, -0.05) is 31.9 Å². The third kappa shape index (κ3) is 5.12. The Morgan fingerprint density at radius 1 is 1.04 bits per heavy atom. The summed E-state index contributed by atoms with van der Waals surface area (Å²) in [6.45, 7) is 2.64. The van der Waals surface area contributed by atoms with Crippen LogP contribution in [0.25, 0.3) is 0 Å². The molecule has 0 heterocycles. The molecule has 0 aliphatic rings. The molecule has 2 aromatic carbocycles. The van der Waals surface area contributed by atoms with Gasteiger partial charge in [-0.05, 0) is 48.4 Å². The summed E-state index contributed by atoms with van der Waals surface area (Å²) >= 11 is 0. The maximum atomic E-state index is 13.1. The fourth-order valence-electron chi connectivity index (χ4n) is 2.47. The highest BCUT2D eigenvalue weighted by molar-refractivity contribution is 7.89. The second kappa shape index (κ2) is 8.75. The van der Waals surface area contributed by atoms with Crippen molar-refractivity contribution in [1.82, 2.24) is 4.31 Å². The highest BCUT2D eigenvalue weighted by Crippen LogP contribution is 2.20. The third-order valence-corrected chi connectivity index (χ3v) is 5.76. The Labute approximate surface area is 148 Å². The molecule has 0 fully saturated rings. The fraction of sp³-hybridized carbons (Fsp3) is 0.316. The fourth-order valence-corrected chi connectivity index (χ4v) is 3.93. The van der Waals surface area contributed by atoms with Crippen molar-refractivity contribution >= 4 is 10.0 Å². The summed E-state index contributed by atoms with van der Waals surface area (Å²) in [6, 6.07) is 13.7. The van der Waals surface area contributed by atoms with E-state index in [1.54, 1.807) is 12.1 Å². The van der Waals surface area contributed by atoms with Gasteiger partial charge in [0.05, 0.1) is 16.5 Å². The van der Waals surface area contributed by atoms with Crippen LogP contribution in [0.4, 0.5) is 4.39 Å². The molecule has 132 valence electrons. The average Bonchev–Trinajstić information content (AvgIpc) is 2.62. The summed E-state index contributed by atoms with van der Waals surface area (Å²) in [5.41, 5.74) is 1.14. The lowest BCUT2D eigenvalue weighted by atomic mass is 10.2. The van der Waals surface area contributed by atoms with Crippen molar-refractivity contribution in [3.05, 3.63) is 65.5 Å². The van der Waals surface area contributed by atoms with Gasteiger partial charge in [0.2, 0.25) is 10.0 Å². The molecule has 25 heavy (non-hydrogen) atoms. The summed E-state index contributed by atoms with van der Waals surface area (Å²) in [5.74, 6) is -0.351. The van der Waals surface area contributed by atoms with E-state index in [0.717, 1.165) is 24.8 Å². The topological polar surface area (TPSA) is 61.2 Å². The van der Waals surface area contributed by atoms with Gasteiger partial charge in [0.1, 0.15) is 5.82 Å². The van der Waals surface area contributed by atoms with Gasteiger partial charge in [-0.25, -0.2) is 12.8 Å². The first-order chi connectivity index (χ1) is 12.0. The SMILES string of the molecule is CCCCCN(Cc1ccc(F)cc1)S(=O)(=O)c1ccc(C#N)cc1. The standard InChI is InChI=1S/C19H21FN2O2S/c1-2-3-4-13-22(15-17-5-9-18(20)10-6-17)25(23,24)19-11-7-16(14-21)8-12-19/h5-12H,2-4,13,15H2,1H3. The van der Waals surface area contributed by atoms with Crippen LogP contribution >= 0.6 is 0 Å². The Balaban J connectivity index is 2.28. The number of rotatable bonds is 8. The molecule has 2 aromatic rings. The highest BCUT2D eigenvalue weighted by atomic mass is 32.2. The number of hydrogen-bond donors (Lipinski definition) is 0. The lowest BCUT2D eigenvalue weighted by Gasteiger charge is -2.22. The summed E-state index contributed by atoms with van der Waals surface area (Å²) in [4.78, 5) is 0.158. The molecule has 0 aliphatic heterocycles. The molecule has 0 spiro atoms. The van der Waals surface area contributed by atoms with Gasteiger partial charge >= 0.3 is 0 Å². The van der Waals surface area contributed by atoms with Crippen molar-refractivity contribution in [2.24, 2.45) is 0 Å². The van der Waals surface area contributed by atoms with E-state index in [-0.39, 0.29) is 17.3 Å². The van der Waals surface area contributed by atoms with E-state index in [9.17, 15) is 12.8 Å². The third-order valence-electron chi connectivity index (χ3n) is 3.90. The van der Waals surface area contributed by atoms with Gasteiger partial charge in [0.25, 0.3) is 0 Å². The number of benzene rings is 2. The number of unbranched alkanes of at least 4 members (excludes halogenated alkanes) is 2. The minimum absolute atomic E-state index is 0.158. The van der Waals surface area contributed by atoms with Crippen LogP contribution < -0.4 is 0 Å². The van der Waals surface area contributed by atoms with E-state index in [1.807, 2.05) is 6.07 Å². The summed E-state index contributed by atoms with van der Waals surface area (Å²) < 4.78 is 40.4. The van der Waals surface area contributed by atoms with Crippen LogP contribution in [-0.4, -0.2) is 19.3 Å². The maximum Gasteiger partial charge on any atom is 0.243 e. The number of hydrogen-bond acceptors (Lipinski definition) is 3. The zero-order chi connectivity index (χ0) is 18.3. The molecule has 2 rings (SSSR count). The van der Waals surface area contributed by atoms with Crippen molar-refractivity contribution in [1.29, 1.82) is 5.26 Å². The van der Waals surface area contributed by atoms with Crippen LogP contribution in [0.1, 0.15) is 37.3 Å². The Morgan fingerprint density at radius 2 is 1.68 bits per heavy atom. The number of nitrogens with zero attached hydrogens (tertiary/aromatic N) is 2. The average molecular weight is 360 g/mol. The smallest absolute Gasteiger partial charge is 0.207 e. The van der Waals surface area contributed by atoms with Crippen LogP contribution in [0, 0.1) is 17.1 Å². The van der Waals surface area contributed by atoms with Crippen molar-refractivity contribution in [2.75, 3.05) is 6.54 Å². The predicted molar refractivity (Wildman–Crippen MR) is 94.7 cm³/mol. The molecule has 0 saturated heterocycles. The maximum absolute atomic E-state index is 13.1. The molecule has 4 nitrogen and oxygen atoms in total. The second-order valence-corrected chi connectivity index (χ2v) is 7.75. The van der Waals surface area contributed by atoms with Crippen molar-refractivity contribution < 1.29 is 12.8 Å². The first kappa shape index (κ1) is 19.1. The zero-order valence-corrected chi connectivity index (χ0v) is 15.0. The molecular formula is C19H21FN2O2S. The minimum atomic E-state index is -3.68. The highest BCUT2D eigenvalue weighted by Gasteiger charge is 2.24. The van der Waals surface area contributed by atoms with Gasteiger partial charge in [0, 0.05) is 13.1 Å². The Bertz CT molecular complexity index is 825. The van der Waals surface area contributed by atoms with Crippen LogP contribution in [0.3, 0.4) is 0 Å². The lowest BCUT2D eigenvalue weighted by Crippen LogP contribution is -2.31. The van der Waals surface area contributed by atoms with E-state index < -0.39 is 10.0 Å². The zero-order valence-electron chi connectivity index (χ0n) is 14.2. The molecule has 0 bridgehead atoms. The van der Waals surface area contributed by atoms with Gasteiger partial charge in [-0.15, -0.1) is 0 Å². The second-order valence-electron chi connectivity index (χ2n) is 5.81. The Kier molecular flexibility index (Phi) is 6.68. The van der Waals surface area contributed by atoms with Gasteiger partial charge < -0.3 is 0 Å². The van der Waals surface area contributed by atoms with Crippen molar-refractivity contribution in [3.63, 3.8) is 0 Å². The van der Waals surface area contributed by atoms with Crippen LogP contribution in [0.2, 0.25) is 0 Å². The number of nitriles is 1. The molecule has 0 radical (unpaired) electrons. The van der Waals surface area contributed by atoms with E-state index >= 15 is 0 Å². The molecule has 0 unspecified atom stereocenters. The number of sulfonamides is 1. The molecule has 0 aliphatic carbocycles. The minimum Gasteiger partial charge on any atom is -0.207 e. The summed E-state index contributed by atoms with van der Waals surface area (Å²) in [5, 5.41) is 8.86. The van der Waals surface area contributed by atoms with Gasteiger partial charge in [-0.2, -0.15) is 9.57 Å². The largest absolute Gasteiger partial charge is 0.243 e. The van der Waals surface area contributed by atoms with Crippen molar-refractivity contribution in [2.45, 2.75) is 37.6 Å². The normalized spacial score (nSPS) is 11.4.